The first kappa shape index (κ1) is 15.8. The Hall–Kier alpha value is -2.07. The lowest BCUT2D eigenvalue weighted by molar-refractivity contribution is 0.0849. The van der Waals surface area contributed by atoms with Crippen LogP contribution in [-0.4, -0.2) is 28.3 Å². The maximum atomic E-state index is 12.9. The van der Waals surface area contributed by atoms with Gasteiger partial charge in [0.15, 0.2) is 5.17 Å². The Kier molecular flexibility index (Phi) is 4.82. The van der Waals surface area contributed by atoms with Crippen molar-refractivity contribution in [2.75, 3.05) is 12.3 Å². The van der Waals surface area contributed by atoms with E-state index >= 15 is 0 Å². The third-order valence-corrected chi connectivity index (χ3v) is 4.75. The maximum Gasteiger partial charge on any atom is 0.259 e. The van der Waals surface area contributed by atoms with Crippen LogP contribution in [0.15, 0.2) is 53.5 Å². The van der Waals surface area contributed by atoms with Crippen molar-refractivity contribution in [1.29, 1.82) is 0 Å². The van der Waals surface area contributed by atoms with Gasteiger partial charge in [0.25, 0.3) is 5.91 Å². The van der Waals surface area contributed by atoms with E-state index in [-0.39, 0.29) is 5.91 Å². The Morgan fingerprint density at radius 3 is 2.48 bits per heavy atom. The van der Waals surface area contributed by atoms with Crippen molar-refractivity contribution in [3.8, 4) is 0 Å². The Morgan fingerprint density at radius 2 is 1.78 bits per heavy atom. The Labute approximate surface area is 141 Å². The molecule has 0 aromatic heterocycles. The topological polar surface area (TPSA) is 32.7 Å². The predicted octanol–water partition coefficient (Wildman–Crippen LogP) is 4.57. The Morgan fingerprint density at radius 1 is 1.09 bits per heavy atom. The molecule has 0 spiro atoms. The number of aryl methyl sites for hydroxylation is 2. The molecule has 0 unspecified atom stereocenters. The van der Waals surface area contributed by atoms with Crippen LogP contribution in [0.4, 0.5) is 5.69 Å². The third kappa shape index (κ3) is 3.82. The summed E-state index contributed by atoms with van der Waals surface area (Å²) < 4.78 is 0. The molecule has 4 heteroatoms. The van der Waals surface area contributed by atoms with Crippen molar-refractivity contribution in [2.45, 2.75) is 20.3 Å². The summed E-state index contributed by atoms with van der Waals surface area (Å²) in [7, 11) is 0. The van der Waals surface area contributed by atoms with Gasteiger partial charge in [-0.05, 0) is 44.5 Å². The van der Waals surface area contributed by atoms with Crippen molar-refractivity contribution in [3.05, 3.63) is 65.2 Å². The molecule has 0 N–H and O–H groups in total. The first-order valence-electron chi connectivity index (χ1n) is 7.80. The smallest absolute Gasteiger partial charge is 0.259 e. The van der Waals surface area contributed by atoms with E-state index in [2.05, 4.69) is 11.1 Å². The summed E-state index contributed by atoms with van der Waals surface area (Å²) in [6, 6.07) is 15.8. The number of carbonyl (C=O) groups excluding carboxylic acids is 1. The molecule has 0 atom stereocenters. The highest BCUT2D eigenvalue weighted by Crippen LogP contribution is 2.24. The molecule has 2 aromatic rings. The molecule has 118 valence electrons. The average Bonchev–Trinajstić information content (AvgIpc) is 2.55. The summed E-state index contributed by atoms with van der Waals surface area (Å²) in [5.41, 5.74) is 3.85. The molecule has 1 aliphatic rings. The first-order valence-corrected chi connectivity index (χ1v) is 8.79. The van der Waals surface area contributed by atoms with Crippen LogP contribution in [0.1, 0.15) is 27.9 Å². The normalized spacial score (nSPS) is 16.6. The van der Waals surface area contributed by atoms with E-state index in [0.717, 1.165) is 46.3 Å². The van der Waals surface area contributed by atoms with Gasteiger partial charge in [0, 0.05) is 17.9 Å². The number of nitrogens with zero attached hydrogens (tertiary/aromatic N) is 2. The van der Waals surface area contributed by atoms with E-state index in [1.165, 1.54) is 0 Å². The number of carbonyl (C=O) groups is 1. The molecular formula is C19H20N2OS. The van der Waals surface area contributed by atoms with Gasteiger partial charge in [0.05, 0.1) is 5.69 Å². The standard InChI is InChI=1S/C19H20N2OS/c1-14-11-15(2)13-16(12-14)18(22)21-9-6-10-23-19(21)20-17-7-4-3-5-8-17/h3-5,7-8,11-13H,6,9-10H2,1-2H3. The van der Waals surface area contributed by atoms with Gasteiger partial charge in [-0.1, -0.05) is 47.2 Å². The zero-order chi connectivity index (χ0) is 16.2. The van der Waals surface area contributed by atoms with E-state index in [1.54, 1.807) is 11.8 Å². The number of benzene rings is 2. The molecule has 2 aromatic carbocycles. The summed E-state index contributed by atoms with van der Waals surface area (Å²) in [4.78, 5) is 19.4. The lowest BCUT2D eigenvalue weighted by Gasteiger charge is -2.28. The molecule has 3 rings (SSSR count). The van der Waals surface area contributed by atoms with E-state index in [0.29, 0.717) is 0 Å². The maximum absolute atomic E-state index is 12.9. The molecule has 1 fully saturated rings. The molecule has 1 aliphatic heterocycles. The SMILES string of the molecule is Cc1cc(C)cc(C(=O)N2CCCSC2=Nc2ccccc2)c1. The summed E-state index contributed by atoms with van der Waals surface area (Å²) in [6.07, 6.45) is 0.995. The van der Waals surface area contributed by atoms with Gasteiger partial charge in [0.1, 0.15) is 0 Å². The Balaban J connectivity index is 1.92. The fourth-order valence-electron chi connectivity index (χ4n) is 2.71. The fraction of sp³-hybridized carbons (Fsp3) is 0.263. The predicted molar refractivity (Wildman–Crippen MR) is 97.6 cm³/mol. The molecule has 0 bridgehead atoms. The number of amidine groups is 1. The van der Waals surface area contributed by atoms with Crippen molar-refractivity contribution in [1.82, 2.24) is 4.90 Å². The first-order chi connectivity index (χ1) is 11.1. The largest absolute Gasteiger partial charge is 0.287 e. The molecular weight excluding hydrogens is 304 g/mol. The van der Waals surface area contributed by atoms with Crippen LogP contribution in [0, 0.1) is 13.8 Å². The molecule has 23 heavy (non-hydrogen) atoms. The lowest BCUT2D eigenvalue weighted by atomic mass is 10.1. The summed E-state index contributed by atoms with van der Waals surface area (Å²) >= 11 is 1.65. The van der Waals surface area contributed by atoms with E-state index in [9.17, 15) is 4.79 Å². The molecule has 1 heterocycles. The quantitative estimate of drug-likeness (QED) is 0.810. The minimum atomic E-state index is 0.0404. The van der Waals surface area contributed by atoms with Crippen LogP contribution in [0.5, 0.6) is 0 Å². The highest BCUT2D eigenvalue weighted by molar-refractivity contribution is 8.13. The van der Waals surface area contributed by atoms with Crippen molar-refractivity contribution >= 4 is 28.5 Å². The van der Waals surface area contributed by atoms with Crippen LogP contribution in [0.25, 0.3) is 0 Å². The zero-order valence-corrected chi connectivity index (χ0v) is 14.3. The van der Waals surface area contributed by atoms with E-state index in [1.807, 2.05) is 61.2 Å². The van der Waals surface area contributed by atoms with Gasteiger partial charge in [-0.2, -0.15) is 0 Å². The summed E-state index contributed by atoms with van der Waals surface area (Å²) in [5.74, 6) is 1.04. The van der Waals surface area contributed by atoms with Gasteiger partial charge >= 0.3 is 0 Å². The van der Waals surface area contributed by atoms with Gasteiger partial charge < -0.3 is 0 Å². The van der Waals surface area contributed by atoms with Crippen LogP contribution >= 0.6 is 11.8 Å². The third-order valence-electron chi connectivity index (χ3n) is 3.68. The molecule has 0 radical (unpaired) electrons. The number of amides is 1. The second-order valence-electron chi connectivity index (χ2n) is 5.77. The van der Waals surface area contributed by atoms with Crippen LogP contribution in [0.2, 0.25) is 0 Å². The molecule has 1 saturated heterocycles. The van der Waals surface area contributed by atoms with Crippen LogP contribution in [0.3, 0.4) is 0 Å². The summed E-state index contributed by atoms with van der Waals surface area (Å²) in [5, 5.41) is 0.798. The van der Waals surface area contributed by atoms with Gasteiger partial charge in [-0.15, -0.1) is 0 Å². The molecule has 1 amide bonds. The molecule has 0 aliphatic carbocycles. The number of thioether (sulfide) groups is 1. The Bertz CT molecular complexity index is 720. The monoisotopic (exact) mass is 324 g/mol. The number of hydrogen-bond acceptors (Lipinski definition) is 3. The second-order valence-corrected chi connectivity index (χ2v) is 6.83. The molecule has 0 saturated carbocycles. The second kappa shape index (κ2) is 7.01. The highest BCUT2D eigenvalue weighted by Gasteiger charge is 2.25. The van der Waals surface area contributed by atoms with Gasteiger partial charge in [-0.25, -0.2) is 4.99 Å². The number of hydrogen-bond donors (Lipinski definition) is 0. The van der Waals surface area contributed by atoms with Crippen molar-refractivity contribution in [3.63, 3.8) is 0 Å². The fourth-order valence-corrected chi connectivity index (χ4v) is 3.66. The zero-order valence-electron chi connectivity index (χ0n) is 13.5. The van der Waals surface area contributed by atoms with E-state index < -0.39 is 0 Å². The van der Waals surface area contributed by atoms with Crippen LogP contribution < -0.4 is 0 Å². The number of aliphatic imine (C=N–C) groups is 1. The lowest BCUT2D eigenvalue weighted by Crippen LogP contribution is -2.39. The van der Waals surface area contributed by atoms with Crippen molar-refractivity contribution in [2.24, 2.45) is 4.99 Å². The number of para-hydroxylation sites is 1. The minimum Gasteiger partial charge on any atom is -0.287 e. The van der Waals surface area contributed by atoms with Gasteiger partial charge in [-0.3, -0.25) is 9.69 Å². The van der Waals surface area contributed by atoms with Gasteiger partial charge in [0.2, 0.25) is 0 Å². The highest BCUT2D eigenvalue weighted by atomic mass is 32.2. The van der Waals surface area contributed by atoms with E-state index in [4.69, 9.17) is 0 Å². The number of rotatable bonds is 2. The van der Waals surface area contributed by atoms with Crippen molar-refractivity contribution < 1.29 is 4.79 Å². The summed E-state index contributed by atoms with van der Waals surface area (Å²) in [6.45, 7) is 4.77. The average molecular weight is 324 g/mol. The van der Waals surface area contributed by atoms with Crippen LogP contribution in [-0.2, 0) is 0 Å². The minimum absolute atomic E-state index is 0.0404. The molecule has 3 nitrogen and oxygen atoms in total.